The van der Waals surface area contributed by atoms with Crippen LogP contribution in [0.15, 0.2) is 18.2 Å². The van der Waals surface area contributed by atoms with Gasteiger partial charge >= 0.3 is 5.97 Å². The average molecular weight is 277 g/mol. The highest BCUT2D eigenvalue weighted by atomic mass is 16.5. The summed E-state index contributed by atoms with van der Waals surface area (Å²) in [5.74, 6) is -1.12. The second kappa shape index (κ2) is 5.63. The van der Waals surface area contributed by atoms with Crippen molar-refractivity contribution in [2.24, 2.45) is 5.41 Å². The highest BCUT2D eigenvalue weighted by Gasteiger charge is 2.35. The maximum Gasteiger partial charge on any atom is 0.336 e. The van der Waals surface area contributed by atoms with E-state index in [1.54, 1.807) is 19.1 Å². The summed E-state index contributed by atoms with van der Waals surface area (Å²) in [5.41, 5.74) is 0.826. The second-order valence-corrected chi connectivity index (χ2v) is 5.51. The van der Waals surface area contributed by atoms with E-state index in [2.05, 4.69) is 5.32 Å². The van der Waals surface area contributed by atoms with Gasteiger partial charge in [-0.2, -0.15) is 0 Å². The Bertz CT molecular complexity index is 533. The zero-order chi connectivity index (χ0) is 14.8. The Morgan fingerprint density at radius 2 is 2.15 bits per heavy atom. The van der Waals surface area contributed by atoms with E-state index in [9.17, 15) is 9.59 Å². The molecular formula is C15H19NO4. The number of aromatic carboxylic acids is 1. The number of carboxylic acids is 1. The number of hydrogen-bond donors (Lipinski definition) is 2. The fraction of sp³-hybridized carbons (Fsp3) is 0.467. The highest BCUT2D eigenvalue weighted by molar-refractivity contribution is 5.97. The molecule has 1 fully saturated rings. The SMILES string of the molecule is Cc1ccc(NC(=O)[C@@]2(C)CCCOC2)cc1C(=O)O. The highest BCUT2D eigenvalue weighted by Crippen LogP contribution is 2.29. The minimum atomic E-state index is -0.995. The fourth-order valence-electron chi connectivity index (χ4n) is 2.33. The summed E-state index contributed by atoms with van der Waals surface area (Å²) in [4.78, 5) is 23.4. The molecule has 1 atom stereocenters. The number of hydrogen-bond acceptors (Lipinski definition) is 3. The first-order chi connectivity index (χ1) is 9.42. The maximum atomic E-state index is 12.3. The van der Waals surface area contributed by atoms with E-state index in [0.717, 1.165) is 12.8 Å². The van der Waals surface area contributed by atoms with E-state index < -0.39 is 11.4 Å². The number of anilines is 1. The molecule has 1 amide bonds. The van der Waals surface area contributed by atoms with Crippen molar-refractivity contribution < 1.29 is 19.4 Å². The number of benzene rings is 1. The Hall–Kier alpha value is -1.88. The number of amides is 1. The van der Waals surface area contributed by atoms with E-state index in [4.69, 9.17) is 9.84 Å². The van der Waals surface area contributed by atoms with Crippen molar-refractivity contribution in [2.45, 2.75) is 26.7 Å². The van der Waals surface area contributed by atoms with Gasteiger partial charge in [-0.25, -0.2) is 4.79 Å². The fourth-order valence-corrected chi connectivity index (χ4v) is 2.33. The molecule has 1 saturated heterocycles. The number of carbonyl (C=O) groups is 2. The normalized spacial score (nSPS) is 22.3. The Balaban J connectivity index is 2.15. The van der Waals surface area contributed by atoms with Crippen molar-refractivity contribution in [1.29, 1.82) is 0 Å². The molecule has 2 rings (SSSR count). The van der Waals surface area contributed by atoms with Crippen LogP contribution in [0.2, 0.25) is 0 Å². The molecule has 1 aromatic rings. The lowest BCUT2D eigenvalue weighted by molar-refractivity contribution is -0.131. The first kappa shape index (κ1) is 14.5. The molecule has 0 aromatic heterocycles. The van der Waals surface area contributed by atoms with Crippen LogP contribution in [0, 0.1) is 12.3 Å². The first-order valence-electron chi connectivity index (χ1n) is 6.65. The molecule has 0 saturated carbocycles. The Labute approximate surface area is 117 Å². The van der Waals surface area contributed by atoms with Gasteiger partial charge in [-0.3, -0.25) is 4.79 Å². The van der Waals surface area contributed by atoms with E-state index in [-0.39, 0.29) is 11.5 Å². The Kier molecular flexibility index (Phi) is 4.09. The molecule has 0 aliphatic carbocycles. The zero-order valence-corrected chi connectivity index (χ0v) is 11.7. The molecule has 0 spiro atoms. The average Bonchev–Trinajstić information content (AvgIpc) is 2.41. The van der Waals surface area contributed by atoms with E-state index in [1.165, 1.54) is 6.07 Å². The first-order valence-corrected chi connectivity index (χ1v) is 6.65. The van der Waals surface area contributed by atoms with Crippen molar-refractivity contribution in [3.8, 4) is 0 Å². The van der Waals surface area contributed by atoms with Crippen molar-refractivity contribution in [1.82, 2.24) is 0 Å². The zero-order valence-electron chi connectivity index (χ0n) is 11.7. The molecule has 108 valence electrons. The second-order valence-electron chi connectivity index (χ2n) is 5.51. The molecule has 5 heteroatoms. The summed E-state index contributed by atoms with van der Waals surface area (Å²) in [7, 11) is 0. The summed E-state index contributed by atoms with van der Waals surface area (Å²) >= 11 is 0. The molecule has 1 aromatic carbocycles. The van der Waals surface area contributed by atoms with Gasteiger partial charge in [0.05, 0.1) is 17.6 Å². The van der Waals surface area contributed by atoms with Crippen molar-refractivity contribution in [2.75, 3.05) is 18.5 Å². The van der Waals surface area contributed by atoms with Crippen LogP contribution in [0.4, 0.5) is 5.69 Å². The van der Waals surface area contributed by atoms with Crippen LogP contribution in [-0.4, -0.2) is 30.2 Å². The van der Waals surface area contributed by atoms with Gasteiger partial charge in [0.15, 0.2) is 0 Å². The Morgan fingerprint density at radius 3 is 2.75 bits per heavy atom. The minimum absolute atomic E-state index is 0.127. The largest absolute Gasteiger partial charge is 0.478 e. The summed E-state index contributed by atoms with van der Waals surface area (Å²) in [6.07, 6.45) is 1.63. The van der Waals surface area contributed by atoms with Crippen LogP contribution >= 0.6 is 0 Å². The monoisotopic (exact) mass is 277 g/mol. The van der Waals surface area contributed by atoms with Crippen LogP contribution in [0.5, 0.6) is 0 Å². The van der Waals surface area contributed by atoms with Gasteiger partial charge in [-0.15, -0.1) is 0 Å². The summed E-state index contributed by atoms with van der Waals surface area (Å²) < 4.78 is 5.37. The number of carbonyl (C=O) groups excluding carboxylic acids is 1. The van der Waals surface area contributed by atoms with Crippen molar-refractivity contribution >= 4 is 17.6 Å². The van der Waals surface area contributed by atoms with E-state index in [0.29, 0.717) is 24.5 Å². The molecule has 1 aliphatic rings. The summed E-state index contributed by atoms with van der Waals surface area (Å²) in [6, 6.07) is 4.90. The topological polar surface area (TPSA) is 75.6 Å². The van der Waals surface area contributed by atoms with Gasteiger partial charge in [0.2, 0.25) is 5.91 Å². The number of rotatable bonds is 3. The predicted octanol–water partition coefficient (Wildman–Crippen LogP) is 2.45. The Morgan fingerprint density at radius 1 is 1.40 bits per heavy atom. The van der Waals surface area contributed by atoms with Gasteiger partial charge in [-0.05, 0) is 44.4 Å². The lowest BCUT2D eigenvalue weighted by Gasteiger charge is -2.31. The number of carboxylic acid groups (broad SMARTS) is 1. The standard InChI is InChI=1S/C15H19NO4/c1-10-4-5-11(8-12(10)13(17)18)16-14(19)15(2)6-3-7-20-9-15/h4-5,8H,3,6-7,9H2,1-2H3,(H,16,19)(H,17,18)/t15-/m0/s1. The van der Waals surface area contributed by atoms with Gasteiger partial charge in [0.25, 0.3) is 0 Å². The van der Waals surface area contributed by atoms with Crippen molar-refractivity contribution in [3.05, 3.63) is 29.3 Å². The minimum Gasteiger partial charge on any atom is -0.478 e. The molecule has 2 N–H and O–H groups in total. The smallest absolute Gasteiger partial charge is 0.336 e. The van der Waals surface area contributed by atoms with Crippen LogP contribution in [0.25, 0.3) is 0 Å². The van der Waals surface area contributed by atoms with E-state index in [1.807, 2.05) is 6.92 Å². The van der Waals surface area contributed by atoms with Gasteiger partial charge in [0, 0.05) is 12.3 Å². The maximum absolute atomic E-state index is 12.3. The number of nitrogens with one attached hydrogen (secondary N) is 1. The molecular weight excluding hydrogens is 258 g/mol. The molecule has 20 heavy (non-hydrogen) atoms. The van der Waals surface area contributed by atoms with Crippen molar-refractivity contribution in [3.63, 3.8) is 0 Å². The third-order valence-electron chi connectivity index (χ3n) is 3.71. The third-order valence-corrected chi connectivity index (χ3v) is 3.71. The van der Waals surface area contributed by atoms with Gasteiger partial charge < -0.3 is 15.2 Å². The summed E-state index contributed by atoms with van der Waals surface area (Å²) in [5, 5.41) is 11.9. The molecule has 1 aliphatic heterocycles. The molecule has 0 unspecified atom stereocenters. The van der Waals surface area contributed by atoms with Crippen LogP contribution < -0.4 is 5.32 Å². The van der Waals surface area contributed by atoms with Crippen LogP contribution in [0.1, 0.15) is 35.7 Å². The van der Waals surface area contributed by atoms with E-state index >= 15 is 0 Å². The third kappa shape index (κ3) is 2.99. The lowest BCUT2D eigenvalue weighted by Crippen LogP contribution is -2.40. The lowest BCUT2D eigenvalue weighted by atomic mass is 9.84. The van der Waals surface area contributed by atoms with Crippen LogP contribution in [0.3, 0.4) is 0 Å². The van der Waals surface area contributed by atoms with Crippen LogP contribution in [-0.2, 0) is 9.53 Å². The van der Waals surface area contributed by atoms with Gasteiger partial charge in [0.1, 0.15) is 0 Å². The predicted molar refractivity (Wildman–Crippen MR) is 74.9 cm³/mol. The summed E-state index contributed by atoms with van der Waals surface area (Å²) in [6.45, 7) is 4.69. The molecule has 0 radical (unpaired) electrons. The quantitative estimate of drug-likeness (QED) is 0.889. The number of aryl methyl sites for hydroxylation is 1. The molecule has 0 bridgehead atoms. The number of ether oxygens (including phenoxy) is 1. The van der Waals surface area contributed by atoms with Gasteiger partial charge in [-0.1, -0.05) is 6.07 Å². The molecule has 1 heterocycles. The molecule has 5 nitrogen and oxygen atoms in total.